The Labute approximate surface area is 77.4 Å². The molecule has 0 aromatic rings. The predicted octanol–water partition coefficient (Wildman–Crippen LogP) is 2.84. The Bertz CT molecular complexity index is 100. The Kier molecular flexibility index (Phi) is 7.94. The summed E-state index contributed by atoms with van der Waals surface area (Å²) in [6.45, 7) is 0. The van der Waals surface area contributed by atoms with Gasteiger partial charge in [-0.15, -0.1) is 0 Å². The van der Waals surface area contributed by atoms with Crippen molar-refractivity contribution in [2.24, 2.45) is 5.92 Å². The molecule has 0 aliphatic heterocycles. The van der Waals surface area contributed by atoms with Crippen LogP contribution in [0.3, 0.4) is 0 Å². The molecule has 0 saturated heterocycles. The molecule has 1 aliphatic rings. The van der Waals surface area contributed by atoms with Crippen molar-refractivity contribution in [3.8, 4) is 5.92 Å². The van der Waals surface area contributed by atoms with Crippen LogP contribution < -0.4 is 0 Å². The normalized spacial score (nSPS) is 18.6. The molecule has 52 valence electrons. The van der Waals surface area contributed by atoms with Gasteiger partial charge in [-0.05, 0) is 18.8 Å². The molecule has 0 aromatic carbocycles. The minimum absolute atomic E-state index is 0.503. The molecule has 0 heterocycles. The van der Waals surface area contributed by atoms with E-state index in [2.05, 4.69) is 5.92 Å². The molecule has 0 N–H and O–H groups in total. The van der Waals surface area contributed by atoms with Gasteiger partial charge in [-0.2, -0.15) is 0 Å². The summed E-state index contributed by atoms with van der Waals surface area (Å²) in [5.74, 6) is 3.06. The SMILES string of the molecule is [C-]#CC1CCCCC1.[Cl][Zn+]. The maximum atomic E-state index is 6.85. The van der Waals surface area contributed by atoms with Crippen molar-refractivity contribution in [3.05, 3.63) is 6.42 Å². The van der Waals surface area contributed by atoms with Crippen LogP contribution in [-0.4, -0.2) is 0 Å². The third kappa shape index (κ3) is 4.31. The van der Waals surface area contributed by atoms with Gasteiger partial charge in [0.1, 0.15) is 0 Å². The predicted molar refractivity (Wildman–Crippen MR) is 39.6 cm³/mol. The van der Waals surface area contributed by atoms with Gasteiger partial charge in [-0.1, -0.05) is 19.3 Å². The summed E-state index contributed by atoms with van der Waals surface area (Å²) in [5.41, 5.74) is 0. The molecular weight excluding hydrogens is 197 g/mol. The molecule has 0 amide bonds. The Balaban J connectivity index is 0.000000371. The maximum absolute atomic E-state index is 6.85. The van der Waals surface area contributed by atoms with Crippen LogP contribution in [0.2, 0.25) is 0 Å². The molecule has 1 rings (SSSR count). The fraction of sp³-hybridized carbons (Fsp3) is 0.750. The second-order valence-corrected chi connectivity index (χ2v) is 2.48. The third-order valence-electron chi connectivity index (χ3n) is 1.81. The first-order valence-corrected chi connectivity index (χ1v) is 7.52. The Morgan fingerprint density at radius 2 is 1.70 bits per heavy atom. The van der Waals surface area contributed by atoms with Gasteiger partial charge >= 0.3 is 27.0 Å². The van der Waals surface area contributed by atoms with Crippen LogP contribution in [0.4, 0.5) is 0 Å². The molecule has 2 heteroatoms. The van der Waals surface area contributed by atoms with Gasteiger partial charge in [-0.3, -0.25) is 0 Å². The van der Waals surface area contributed by atoms with E-state index in [0.717, 1.165) is 17.3 Å². The van der Waals surface area contributed by atoms with Gasteiger partial charge in [0.2, 0.25) is 0 Å². The minimum atomic E-state index is 0.503. The van der Waals surface area contributed by atoms with E-state index in [1.807, 2.05) is 0 Å². The van der Waals surface area contributed by atoms with Crippen LogP contribution in [0.1, 0.15) is 32.1 Å². The second-order valence-electron chi connectivity index (χ2n) is 2.48. The van der Waals surface area contributed by atoms with Crippen LogP contribution in [0, 0.1) is 18.3 Å². The molecule has 1 saturated carbocycles. The van der Waals surface area contributed by atoms with E-state index in [9.17, 15) is 0 Å². The average Bonchev–Trinajstić information content (AvgIpc) is 2.10. The van der Waals surface area contributed by atoms with Crippen LogP contribution in [0.15, 0.2) is 0 Å². The number of rotatable bonds is 0. The van der Waals surface area contributed by atoms with Crippen LogP contribution in [-0.2, 0) is 17.3 Å². The summed E-state index contributed by atoms with van der Waals surface area (Å²) >= 11 is 0.847. The van der Waals surface area contributed by atoms with E-state index in [0.29, 0.717) is 5.92 Å². The molecule has 0 nitrogen and oxygen atoms in total. The first-order chi connectivity index (χ1) is 4.93. The Morgan fingerprint density at radius 3 is 2.00 bits per heavy atom. The molecule has 1 fully saturated rings. The third-order valence-corrected chi connectivity index (χ3v) is 1.81. The van der Waals surface area contributed by atoms with Gasteiger partial charge in [-0.25, -0.2) is 0 Å². The molecule has 0 unspecified atom stereocenters. The molecule has 0 radical (unpaired) electrons. The summed E-state index contributed by atoms with van der Waals surface area (Å²) in [5, 5.41) is 0. The van der Waals surface area contributed by atoms with E-state index in [4.69, 9.17) is 16.1 Å². The zero-order valence-electron chi connectivity index (χ0n) is 6.20. The van der Waals surface area contributed by atoms with Crippen molar-refractivity contribution in [1.82, 2.24) is 0 Å². The summed E-state index contributed by atoms with van der Waals surface area (Å²) < 4.78 is 0. The fourth-order valence-corrected chi connectivity index (χ4v) is 1.25. The van der Waals surface area contributed by atoms with E-state index in [-0.39, 0.29) is 0 Å². The molecule has 0 bridgehead atoms. The summed E-state index contributed by atoms with van der Waals surface area (Å²) in [4.78, 5) is 0. The second kappa shape index (κ2) is 7.58. The monoisotopic (exact) mass is 206 g/mol. The van der Waals surface area contributed by atoms with E-state index in [1.165, 1.54) is 32.1 Å². The molecule has 0 spiro atoms. The van der Waals surface area contributed by atoms with Gasteiger partial charge in [0, 0.05) is 0 Å². The van der Waals surface area contributed by atoms with Crippen molar-refractivity contribution >= 4 is 9.69 Å². The zero-order valence-corrected chi connectivity index (χ0v) is 9.92. The molecular formula is C8H11ClZn. The first-order valence-electron chi connectivity index (χ1n) is 3.62. The molecule has 0 atom stereocenters. The van der Waals surface area contributed by atoms with E-state index < -0.39 is 0 Å². The van der Waals surface area contributed by atoms with Gasteiger partial charge in [0.05, 0.1) is 0 Å². The zero-order chi connectivity index (χ0) is 7.82. The summed E-state index contributed by atoms with van der Waals surface area (Å²) in [6, 6.07) is 0. The van der Waals surface area contributed by atoms with E-state index in [1.54, 1.807) is 0 Å². The van der Waals surface area contributed by atoms with Crippen molar-refractivity contribution in [3.63, 3.8) is 0 Å². The van der Waals surface area contributed by atoms with Crippen molar-refractivity contribution in [2.45, 2.75) is 32.1 Å². The fourth-order valence-electron chi connectivity index (χ4n) is 1.25. The number of hydrogen-bond acceptors (Lipinski definition) is 0. The Morgan fingerprint density at radius 1 is 1.20 bits per heavy atom. The van der Waals surface area contributed by atoms with Crippen molar-refractivity contribution in [2.75, 3.05) is 0 Å². The van der Waals surface area contributed by atoms with Gasteiger partial charge in [0.25, 0.3) is 0 Å². The van der Waals surface area contributed by atoms with Crippen LogP contribution >= 0.6 is 9.69 Å². The molecule has 0 aromatic heterocycles. The number of hydrogen-bond donors (Lipinski definition) is 0. The first kappa shape index (κ1) is 10.5. The quantitative estimate of drug-likeness (QED) is 0.326. The number of halogens is 1. The van der Waals surface area contributed by atoms with Crippen LogP contribution in [0.25, 0.3) is 0 Å². The topological polar surface area (TPSA) is 0 Å². The van der Waals surface area contributed by atoms with E-state index >= 15 is 0 Å². The summed E-state index contributed by atoms with van der Waals surface area (Å²) in [6.07, 6.45) is 13.3. The Hall–Kier alpha value is 0.473. The van der Waals surface area contributed by atoms with Crippen molar-refractivity contribution in [1.29, 1.82) is 0 Å². The standard InChI is InChI=1S/C8H11.ClH.Zn/c1-2-8-6-4-3-5-7-8;;/h8H,3-7H2;1H;/q-1;;+2/p-1. The summed E-state index contributed by atoms with van der Waals surface area (Å²) in [7, 11) is 4.76. The average molecular weight is 208 g/mol. The molecule has 10 heavy (non-hydrogen) atoms. The van der Waals surface area contributed by atoms with Gasteiger partial charge in [0.15, 0.2) is 0 Å². The van der Waals surface area contributed by atoms with Crippen LogP contribution in [0.5, 0.6) is 0 Å². The van der Waals surface area contributed by atoms with Gasteiger partial charge < -0.3 is 12.3 Å². The van der Waals surface area contributed by atoms with Crippen molar-refractivity contribution < 1.29 is 17.3 Å². The molecule has 1 aliphatic carbocycles.